The molecule has 0 radical (unpaired) electrons. The van der Waals surface area contributed by atoms with Crippen molar-refractivity contribution in [2.24, 2.45) is 10.9 Å². The lowest BCUT2D eigenvalue weighted by atomic mass is 10.2. The van der Waals surface area contributed by atoms with Crippen LogP contribution in [0.1, 0.15) is 29.4 Å². The highest BCUT2D eigenvalue weighted by molar-refractivity contribution is 14.0. The van der Waals surface area contributed by atoms with Crippen LogP contribution in [0.3, 0.4) is 0 Å². The van der Waals surface area contributed by atoms with Crippen LogP contribution in [0.5, 0.6) is 0 Å². The molecule has 1 fully saturated rings. The summed E-state index contributed by atoms with van der Waals surface area (Å²) in [7, 11) is 1.86. The van der Waals surface area contributed by atoms with E-state index in [0.29, 0.717) is 0 Å². The fraction of sp³-hybridized carbons (Fsp3) is 0.750. The van der Waals surface area contributed by atoms with Crippen LogP contribution >= 0.6 is 35.3 Å². The van der Waals surface area contributed by atoms with Crippen molar-refractivity contribution in [3.63, 3.8) is 0 Å². The summed E-state index contributed by atoms with van der Waals surface area (Å²) in [6, 6.07) is 0. The molecule has 0 aromatic carbocycles. The standard InChI is InChI=1S/C16H29N5S.HI/c1-12(2)11-20-6-8-21(9-7-20)16(17-5)18-10-15-19-13(3)14(4)22-15;/h12H,6-11H2,1-5H3,(H,17,18);1H. The predicted molar refractivity (Wildman–Crippen MR) is 110 cm³/mol. The van der Waals surface area contributed by atoms with E-state index < -0.39 is 0 Å². The maximum atomic E-state index is 4.58. The highest BCUT2D eigenvalue weighted by Gasteiger charge is 2.20. The van der Waals surface area contributed by atoms with Crippen molar-refractivity contribution >= 4 is 41.3 Å². The lowest BCUT2D eigenvalue weighted by Crippen LogP contribution is -2.52. The lowest BCUT2D eigenvalue weighted by molar-refractivity contribution is 0.164. The van der Waals surface area contributed by atoms with Crippen molar-refractivity contribution < 1.29 is 0 Å². The number of nitrogens with zero attached hydrogens (tertiary/aromatic N) is 4. The van der Waals surface area contributed by atoms with E-state index in [1.165, 1.54) is 11.4 Å². The third-order valence-electron chi connectivity index (χ3n) is 3.98. The number of halogens is 1. The van der Waals surface area contributed by atoms with E-state index in [1.54, 1.807) is 11.3 Å². The van der Waals surface area contributed by atoms with Gasteiger partial charge in [0.05, 0.1) is 12.2 Å². The fourth-order valence-electron chi connectivity index (χ4n) is 2.76. The second kappa shape index (κ2) is 9.78. The normalized spacial score (nSPS) is 16.6. The van der Waals surface area contributed by atoms with Crippen molar-refractivity contribution in [2.45, 2.75) is 34.2 Å². The molecule has 2 rings (SSSR count). The van der Waals surface area contributed by atoms with Crippen molar-refractivity contribution in [2.75, 3.05) is 39.8 Å². The Bertz CT molecular complexity index is 487. The molecule has 0 spiro atoms. The third kappa shape index (κ3) is 6.19. The van der Waals surface area contributed by atoms with Gasteiger partial charge in [-0.3, -0.25) is 9.89 Å². The van der Waals surface area contributed by atoms with Crippen molar-refractivity contribution in [3.05, 3.63) is 15.6 Å². The second-order valence-electron chi connectivity index (χ2n) is 6.33. The lowest BCUT2D eigenvalue weighted by Gasteiger charge is -2.37. The van der Waals surface area contributed by atoms with Gasteiger partial charge in [0.15, 0.2) is 5.96 Å². The highest BCUT2D eigenvalue weighted by atomic mass is 127. The van der Waals surface area contributed by atoms with Gasteiger partial charge >= 0.3 is 0 Å². The first-order chi connectivity index (χ1) is 10.5. The number of piperazine rings is 1. The smallest absolute Gasteiger partial charge is 0.194 e. The van der Waals surface area contributed by atoms with Gasteiger partial charge in [0.25, 0.3) is 0 Å². The first kappa shape index (κ1) is 20.6. The molecule has 5 nitrogen and oxygen atoms in total. The summed E-state index contributed by atoms with van der Waals surface area (Å²) in [5.41, 5.74) is 1.14. The number of aliphatic imine (C=N–C) groups is 1. The average Bonchev–Trinajstić information content (AvgIpc) is 2.79. The molecule has 1 aromatic heterocycles. The zero-order valence-corrected chi connectivity index (χ0v) is 18.1. The van der Waals surface area contributed by atoms with Gasteiger partial charge in [-0.25, -0.2) is 4.98 Å². The van der Waals surface area contributed by atoms with E-state index in [4.69, 9.17) is 0 Å². The molecule has 23 heavy (non-hydrogen) atoms. The van der Waals surface area contributed by atoms with E-state index in [2.05, 4.69) is 52.8 Å². The number of aryl methyl sites for hydroxylation is 2. The summed E-state index contributed by atoms with van der Waals surface area (Å²) in [6.45, 7) is 15.0. The number of hydrogen-bond donors (Lipinski definition) is 1. The summed E-state index contributed by atoms with van der Waals surface area (Å²) in [6.07, 6.45) is 0. The Hall–Kier alpha value is -0.410. The van der Waals surface area contributed by atoms with E-state index >= 15 is 0 Å². The zero-order valence-electron chi connectivity index (χ0n) is 14.9. The van der Waals surface area contributed by atoms with Crippen molar-refractivity contribution in [1.29, 1.82) is 0 Å². The minimum Gasteiger partial charge on any atom is -0.350 e. The van der Waals surface area contributed by atoms with Gasteiger partial charge in [-0.15, -0.1) is 35.3 Å². The van der Waals surface area contributed by atoms with Gasteiger partial charge in [-0.1, -0.05) is 13.8 Å². The monoisotopic (exact) mass is 451 g/mol. The molecule has 0 amide bonds. The Morgan fingerprint density at radius 1 is 1.26 bits per heavy atom. The summed E-state index contributed by atoms with van der Waals surface area (Å²) < 4.78 is 0. The Kier molecular flexibility index (Phi) is 8.78. The number of guanidine groups is 1. The number of hydrogen-bond acceptors (Lipinski definition) is 4. The molecule has 1 aromatic rings. The molecule has 0 unspecified atom stereocenters. The highest BCUT2D eigenvalue weighted by Crippen LogP contribution is 2.16. The molecule has 1 aliphatic heterocycles. The van der Waals surface area contributed by atoms with E-state index in [1.807, 2.05) is 7.05 Å². The molecule has 1 aliphatic rings. The van der Waals surface area contributed by atoms with Crippen LogP contribution < -0.4 is 5.32 Å². The van der Waals surface area contributed by atoms with Gasteiger partial charge in [0, 0.05) is 44.6 Å². The molecule has 0 bridgehead atoms. The van der Waals surface area contributed by atoms with Crippen LogP contribution in [0.25, 0.3) is 0 Å². The van der Waals surface area contributed by atoms with Crippen LogP contribution in [0.2, 0.25) is 0 Å². The molecular weight excluding hydrogens is 421 g/mol. The molecule has 1 saturated heterocycles. The van der Waals surface area contributed by atoms with Crippen LogP contribution in [0, 0.1) is 19.8 Å². The third-order valence-corrected chi connectivity index (χ3v) is 5.05. The van der Waals surface area contributed by atoms with Crippen LogP contribution in [0.4, 0.5) is 0 Å². The molecule has 1 N–H and O–H groups in total. The Balaban J connectivity index is 0.00000264. The largest absolute Gasteiger partial charge is 0.350 e. The fourth-order valence-corrected chi connectivity index (χ4v) is 3.63. The van der Waals surface area contributed by atoms with E-state index in [0.717, 1.165) is 55.3 Å². The predicted octanol–water partition coefficient (Wildman–Crippen LogP) is 2.73. The number of rotatable bonds is 4. The average molecular weight is 451 g/mol. The SMILES string of the molecule is CN=C(NCc1nc(C)c(C)s1)N1CCN(CC(C)C)CC1.I. The molecule has 2 heterocycles. The number of nitrogens with one attached hydrogen (secondary N) is 1. The summed E-state index contributed by atoms with van der Waals surface area (Å²) >= 11 is 1.77. The number of thiazole rings is 1. The topological polar surface area (TPSA) is 43.8 Å². The minimum atomic E-state index is 0. The van der Waals surface area contributed by atoms with Crippen LogP contribution in [0.15, 0.2) is 4.99 Å². The first-order valence-electron chi connectivity index (χ1n) is 8.10. The van der Waals surface area contributed by atoms with Gasteiger partial charge in [0.1, 0.15) is 5.01 Å². The minimum absolute atomic E-state index is 0. The summed E-state index contributed by atoms with van der Waals surface area (Å²) in [5.74, 6) is 1.73. The van der Waals surface area contributed by atoms with Gasteiger partial charge in [-0.05, 0) is 19.8 Å². The Morgan fingerprint density at radius 2 is 1.91 bits per heavy atom. The van der Waals surface area contributed by atoms with Gasteiger partial charge in [-0.2, -0.15) is 0 Å². The number of aromatic nitrogens is 1. The summed E-state index contributed by atoms with van der Waals surface area (Å²) in [5, 5.41) is 4.59. The summed E-state index contributed by atoms with van der Waals surface area (Å²) in [4.78, 5) is 15.2. The molecule has 0 saturated carbocycles. The molecular formula is C16H30IN5S. The molecule has 0 aliphatic carbocycles. The second-order valence-corrected chi connectivity index (χ2v) is 7.62. The maximum absolute atomic E-state index is 4.58. The van der Waals surface area contributed by atoms with Crippen molar-refractivity contribution in [3.8, 4) is 0 Å². The Labute approximate surface area is 161 Å². The van der Waals surface area contributed by atoms with Gasteiger partial charge < -0.3 is 10.2 Å². The van der Waals surface area contributed by atoms with Crippen LogP contribution in [-0.2, 0) is 6.54 Å². The molecule has 7 heteroatoms. The maximum Gasteiger partial charge on any atom is 0.194 e. The zero-order chi connectivity index (χ0) is 16.1. The quantitative estimate of drug-likeness (QED) is 0.435. The molecule has 132 valence electrons. The Morgan fingerprint density at radius 3 is 2.39 bits per heavy atom. The van der Waals surface area contributed by atoms with Crippen molar-refractivity contribution in [1.82, 2.24) is 20.1 Å². The van der Waals surface area contributed by atoms with Crippen LogP contribution in [-0.4, -0.2) is 60.5 Å². The molecule has 0 atom stereocenters. The van der Waals surface area contributed by atoms with E-state index in [9.17, 15) is 0 Å². The van der Waals surface area contributed by atoms with Gasteiger partial charge in [0.2, 0.25) is 0 Å². The van der Waals surface area contributed by atoms with E-state index in [-0.39, 0.29) is 24.0 Å². The first-order valence-corrected chi connectivity index (χ1v) is 8.92.